The maximum absolute atomic E-state index is 12.3. The zero-order valence-corrected chi connectivity index (χ0v) is 35.2. The van der Waals surface area contributed by atoms with Gasteiger partial charge in [-0.15, -0.1) is 0 Å². The van der Waals surface area contributed by atoms with Gasteiger partial charge in [-0.1, -0.05) is 167 Å². The monoisotopic (exact) mass is 790 g/mol. The van der Waals surface area contributed by atoms with Crippen LogP contribution in [0, 0.1) is 0 Å². The normalized spacial score (nSPS) is 13.9. The van der Waals surface area contributed by atoms with E-state index in [0.717, 1.165) is 57.8 Å². The van der Waals surface area contributed by atoms with Crippen LogP contribution < -0.4 is 5.32 Å². The number of phosphoric ester groups is 1. The van der Waals surface area contributed by atoms with E-state index < -0.39 is 57.6 Å². The summed E-state index contributed by atoms with van der Waals surface area (Å²) in [6.07, 6.45) is 36.6. The summed E-state index contributed by atoms with van der Waals surface area (Å²) in [7, 11) is -4.75. The van der Waals surface area contributed by atoms with Crippen LogP contribution in [-0.4, -0.2) is 64.9 Å². The molecule has 3 atom stereocenters. The van der Waals surface area contributed by atoms with E-state index in [-0.39, 0.29) is 12.8 Å². The third kappa shape index (κ3) is 37.2. The maximum atomic E-state index is 12.3. The topological polar surface area (TPSA) is 169 Å². The number of allylic oxidation sites excluding steroid dienone is 2. The molecule has 0 fully saturated rings. The van der Waals surface area contributed by atoms with Crippen LogP contribution in [0.15, 0.2) is 12.2 Å². The van der Waals surface area contributed by atoms with Gasteiger partial charge in [0, 0.05) is 12.8 Å². The van der Waals surface area contributed by atoms with Gasteiger partial charge in [0.1, 0.15) is 12.7 Å². The van der Waals surface area contributed by atoms with Gasteiger partial charge in [0.15, 0.2) is 6.04 Å². The van der Waals surface area contributed by atoms with Gasteiger partial charge in [-0.25, -0.2) is 9.36 Å². The Labute approximate surface area is 328 Å². The highest BCUT2D eigenvalue weighted by atomic mass is 31.2. The maximum Gasteiger partial charge on any atom is 0.472 e. The molecule has 0 radical (unpaired) electrons. The summed E-state index contributed by atoms with van der Waals surface area (Å²) in [6, 6.07) is -1.54. The molecule has 3 unspecified atom stereocenters. The predicted octanol–water partition coefficient (Wildman–Crippen LogP) is 10.9. The van der Waals surface area contributed by atoms with E-state index in [9.17, 15) is 34.1 Å². The van der Waals surface area contributed by atoms with Crippen LogP contribution in [-0.2, 0) is 32.7 Å². The smallest absolute Gasteiger partial charge is 0.472 e. The minimum Gasteiger partial charge on any atom is -0.480 e. The number of carboxylic acid groups (broad SMARTS) is 1. The molecular formula is C42H80NO10P. The number of carbonyl (C=O) groups is 3. The molecule has 318 valence electrons. The summed E-state index contributed by atoms with van der Waals surface area (Å²) in [5.74, 6) is -2.37. The third-order valence-electron chi connectivity index (χ3n) is 9.55. The molecule has 11 nitrogen and oxygen atoms in total. The first-order valence-corrected chi connectivity index (χ1v) is 23.2. The zero-order chi connectivity index (χ0) is 40.0. The van der Waals surface area contributed by atoms with Crippen LogP contribution >= 0.6 is 7.82 Å². The van der Waals surface area contributed by atoms with Crippen molar-refractivity contribution < 1.29 is 47.8 Å². The van der Waals surface area contributed by atoms with E-state index in [1.54, 1.807) is 0 Å². The van der Waals surface area contributed by atoms with Gasteiger partial charge in [0.2, 0.25) is 5.91 Å². The highest BCUT2D eigenvalue weighted by molar-refractivity contribution is 7.47. The molecule has 0 aliphatic heterocycles. The van der Waals surface area contributed by atoms with Gasteiger partial charge in [-0.05, 0) is 38.5 Å². The Bertz CT molecular complexity index is 979. The summed E-state index contributed by atoms with van der Waals surface area (Å²) in [6.45, 7) is 2.59. The van der Waals surface area contributed by atoms with Crippen LogP contribution in [0.3, 0.4) is 0 Å². The first-order valence-electron chi connectivity index (χ1n) is 21.7. The lowest BCUT2D eigenvalue weighted by Gasteiger charge is -2.18. The number of hydrogen-bond acceptors (Lipinski definition) is 8. The van der Waals surface area contributed by atoms with Crippen molar-refractivity contribution in [2.45, 2.75) is 219 Å². The molecule has 4 N–H and O–H groups in total. The molecule has 54 heavy (non-hydrogen) atoms. The lowest BCUT2D eigenvalue weighted by molar-refractivity contribution is -0.147. The first-order chi connectivity index (χ1) is 26.1. The number of aliphatic hydroxyl groups is 1. The fourth-order valence-electron chi connectivity index (χ4n) is 6.13. The number of ether oxygens (including phenoxy) is 1. The van der Waals surface area contributed by atoms with Crippen molar-refractivity contribution in [1.82, 2.24) is 5.32 Å². The van der Waals surface area contributed by atoms with Gasteiger partial charge in [0.25, 0.3) is 0 Å². The summed E-state index contributed by atoms with van der Waals surface area (Å²) < 4.78 is 26.8. The van der Waals surface area contributed by atoms with E-state index in [1.807, 2.05) is 0 Å². The van der Waals surface area contributed by atoms with Crippen molar-refractivity contribution in [3.63, 3.8) is 0 Å². The molecule has 0 aromatic carbocycles. The molecule has 12 heteroatoms. The third-order valence-corrected chi connectivity index (χ3v) is 10.5. The number of aliphatic hydroxyl groups excluding tert-OH is 1. The highest BCUT2D eigenvalue weighted by Gasteiger charge is 2.28. The predicted molar refractivity (Wildman–Crippen MR) is 217 cm³/mol. The molecule has 0 spiro atoms. The Hall–Kier alpha value is -1.78. The van der Waals surface area contributed by atoms with Gasteiger partial charge >= 0.3 is 19.8 Å². The summed E-state index contributed by atoms with van der Waals surface area (Å²) >= 11 is 0. The fraction of sp³-hybridized carbons (Fsp3) is 0.881. The van der Waals surface area contributed by atoms with Gasteiger partial charge in [-0.2, -0.15) is 0 Å². The van der Waals surface area contributed by atoms with Crippen LogP contribution in [0.5, 0.6) is 0 Å². The lowest BCUT2D eigenvalue weighted by Crippen LogP contribution is -2.43. The van der Waals surface area contributed by atoms with Crippen molar-refractivity contribution in [3.05, 3.63) is 12.2 Å². The van der Waals surface area contributed by atoms with Crippen molar-refractivity contribution >= 4 is 25.7 Å². The van der Waals surface area contributed by atoms with Crippen molar-refractivity contribution in [3.8, 4) is 0 Å². The number of esters is 1. The Balaban J connectivity index is 3.90. The quantitative estimate of drug-likeness (QED) is 0.0202. The molecule has 0 aromatic heterocycles. The average molecular weight is 790 g/mol. The molecule has 0 heterocycles. The van der Waals surface area contributed by atoms with Crippen molar-refractivity contribution in [2.24, 2.45) is 0 Å². The van der Waals surface area contributed by atoms with Gasteiger partial charge < -0.3 is 25.2 Å². The van der Waals surface area contributed by atoms with E-state index in [4.69, 9.17) is 13.8 Å². The summed E-state index contributed by atoms with van der Waals surface area (Å²) in [5, 5.41) is 21.8. The van der Waals surface area contributed by atoms with Crippen LogP contribution in [0.4, 0.5) is 0 Å². The Morgan fingerprint density at radius 3 is 1.41 bits per heavy atom. The average Bonchev–Trinajstić information content (AvgIpc) is 3.14. The standard InChI is InChI=1S/C42H80NO10P/c1-3-5-7-9-11-13-15-17-19-21-23-25-27-29-31-33-40(45)43-39(42(47)48)37-53-54(49,50)52-36-38(44)35-51-41(46)34-32-30-28-26-24-22-20-18-16-14-12-10-8-6-4-2/h18,20,38-39,44H,3-17,19,21-37H2,1-2H3,(H,43,45)(H,47,48)(H,49,50)/b20-18-. The van der Waals surface area contributed by atoms with Crippen LogP contribution in [0.1, 0.15) is 206 Å². The number of phosphoric acid groups is 1. The van der Waals surface area contributed by atoms with E-state index in [0.29, 0.717) is 12.8 Å². The molecule has 0 rings (SSSR count). The van der Waals surface area contributed by atoms with Gasteiger partial charge in [0.05, 0.1) is 13.2 Å². The molecular weight excluding hydrogens is 709 g/mol. The van der Waals surface area contributed by atoms with Crippen LogP contribution in [0.25, 0.3) is 0 Å². The minimum atomic E-state index is -4.75. The largest absolute Gasteiger partial charge is 0.480 e. The number of unbranched alkanes of at least 4 members (excludes halogenated alkanes) is 25. The summed E-state index contributed by atoms with van der Waals surface area (Å²) in [5.41, 5.74) is 0. The second kappa shape index (κ2) is 38.1. The minimum absolute atomic E-state index is 0.150. The Kier molecular flexibility index (Phi) is 36.9. The molecule has 0 aromatic rings. The number of carboxylic acids is 1. The van der Waals surface area contributed by atoms with Crippen molar-refractivity contribution in [2.75, 3.05) is 19.8 Å². The fourth-order valence-corrected chi connectivity index (χ4v) is 6.91. The second-order valence-corrected chi connectivity index (χ2v) is 16.3. The molecule has 0 aliphatic rings. The van der Waals surface area contributed by atoms with Crippen LogP contribution in [0.2, 0.25) is 0 Å². The first kappa shape index (κ1) is 52.2. The zero-order valence-electron chi connectivity index (χ0n) is 34.3. The highest BCUT2D eigenvalue weighted by Crippen LogP contribution is 2.43. The van der Waals surface area contributed by atoms with E-state index >= 15 is 0 Å². The number of rotatable bonds is 41. The Morgan fingerprint density at radius 2 is 0.963 bits per heavy atom. The molecule has 0 saturated heterocycles. The summed E-state index contributed by atoms with van der Waals surface area (Å²) in [4.78, 5) is 45.8. The number of carbonyl (C=O) groups excluding carboxylic acids is 2. The molecule has 1 amide bonds. The van der Waals surface area contributed by atoms with E-state index in [1.165, 1.54) is 109 Å². The molecule has 0 saturated carbocycles. The molecule has 0 aliphatic carbocycles. The van der Waals surface area contributed by atoms with Gasteiger partial charge in [-0.3, -0.25) is 18.6 Å². The Morgan fingerprint density at radius 1 is 0.574 bits per heavy atom. The van der Waals surface area contributed by atoms with Crippen molar-refractivity contribution in [1.29, 1.82) is 0 Å². The van der Waals surface area contributed by atoms with E-state index in [2.05, 4.69) is 31.3 Å². The lowest BCUT2D eigenvalue weighted by atomic mass is 10.0. The number of amides is 1. The second-order valence-electron chi connectivity index (χ2n) is 14.9. The number of hydrogen-bond donors (Lipinski definition) is 4. The SMILES string of the molecule is CCCCCCCC/C=C\CCCCCCCC(=O)OCC(O)COP(=O)(O)OCC(NC(=O)CCCCCCCCCCCCCCCCC)C(=O)O. The number of aliphatic carboxylic acids is 1. The number of nitrogens with one attached hydrogen (secondary N) is 1. The molecule has 0 bridgehead atoms.